The van der Waals surface area contributed by atoms with Gasteiger partial charge in [0.15, 0.2) is 0 Å². The Hall–Kier alpha value is -1.86. The van der Waals surface area contributed by atoms with Crippen LogP contribution in [0.3, 0.4) is 0 Å². The maximum Gasteiger partial charge on any atom is 0.219 e. The molecule has 25 heavy (non-hydrogen) atoms. The van der Waals surface area contributed by atoms with Crippen LogP contribution in [0.1, 0.15) is 42.5 Å². The van der Waals surface area contributed by atoms with E-state index in [9.17, 15) is 4.79 Å². The summed E-state index contributed by atoms with van der Waals surface area (Å²) in [5.41, 5.74) is 2.08. The Morgan fingerprint density at radius 2 is 2.12 bits per heavy atom. The molecule has 3 rings (SSSR count). The molecule has 0 aromatic carbocycles. The van der Waals surface area contributed by atoms with Crippen LogP contribution in [0, 0.1) is 6.92 Å². The molecule has 1 aliphatic heterocycles. The lowest BCUT2D eigenvalue weighted by molar-refractivity contribution is -0.132. The van der Waals surface area contributed by atoms with Crippen molar-refractivity contribution in [3.63, 3.8) is 0 Å². The van der Waals surface area contributed by atoms with Crippen LogP contribution >= 0.6 is 11.3 Å². The minimum atomic E-state index is 0.123. The lowest BCUT2D eigenvalue weighted by Gasteiger charge is -2.30. The van der Waals surface area contributed by atoms with Gasteiger partial charge in [-0.1, -0.05) is 0 Å². The molecule has 1 saturated heterocycles. The lowest BCUT2D eigenvalue weighted by atomic mass is 10.1. The number of amides is 1. The summed E-state index contributed by atoms with van der Waals surface area (Å²) < 4.78 is 0. The highest BCUT2D eigenvalue weighted by Crippen LogP contribution is 2.21. The maximum absolute atomic E-state index is 12.2. The normalized spacial score (nSPS) is 18.7. The largest absolute Gasteiger partial charge is 0.335 e. The van der Waals surface area contributed by atoms with E-state index in [0.29, 0.717) is 6.54 Å². The van der Waals surface area contributed by atoms with Crippen molar-refractivity contribution < 1.29 is 4.79 Å². The molecule has 6 nitrogen and oxygen atoms in total. The van der Waals surface area contributed by atoms with Crippen LogP contribution in [-0.4, -0.2) is 49.8 Å². The molecule has 1 fully saturated rings. The molecule has 3 heterocycles. The highest BCUT2D eigenvalue weighted by molar-refractivity contribution is 7.09. The zero-order valence-electron chi connectivity index (χ0n) is 14.9. The van der Waals surface area contributed by atoms with Gasteiger partial charge in [-0.2, -0.15) is 0 Å². The molecule has 0 aliphatic carbocycles. The van der Waals surface area contributed by atoms with Crippen molar-refractivity contribution in [1.29, 1.82) is 0 Å². The van der Waals surface area contributed by atoms with Gasteiger partial charge in [0.05, 0.1) is 6.54 Å². The molecule has 7 heteroatoms. The van der Waals surface area contributed by atoms with Crippen molar-refractivity contribution in [2.75, 3.05) is 13.1 Å². The SMILES string of the molecule is CC(=O)N(Cc1cncnc1)C1CCCN(Cc2nc(C)cs2)CC1. The van der Waals surface area contributed by atoms with Crippen molar-refractivity contribution in [3.05, 3.63) is 40.4 Å². The molecule has 1 unspecified atom stereocenters. The second-order valence-electron chi connectivity index (χ2n) is 6.64. The molecule has 1 atom stereocenters. The van der Waals surface area contributed by atoms with Crippen LogP contribution in [-0.2, 0) is 17.9 Å². The zero-order chi connectivity index (χ0) is 17.6. The van der Waals surface area contributed by atoms with E-state index < -0.39 is 0 Å². The van der Waals surface area contributed by atoms with Gasteiger partial charge in [0, 0.05) is 55.1 Å². The third-order valence-electron chi connectivity index (χ3n) is 4.63. The Morgan fingerprint density at radius 1 is 1.32 bits per heavy atom. The van der Waals surface area contributed by atoms with E-state index in [2.05, 4.69) is 25.2 Å². The Labute approximate surface area is 152 Å². The Morgan fingerprint density at radius 3 is 2.80 bits per heavy atom. The first-order valence-corrected chi connectivity index (χ1v) is 9.64. The first kappa shape index (κ1) is 17.9. The van der Waals surface area contributed by atoms with Gasteiger partial charge in [-0.05, 0) is 32.7 Å². The number of thiazole rings is 1. The minimum absolute atomic E-state index is 0.123. The number of carbonyl (C=O) groups is 1. The van der Waals surface area contributed by atoms with Gasteiger partial charge in [-0.3, -0.25) is 9.69 Å². The fraction of sp³-hybridized carbons (Fsp3) is 0.556. The van der Waals surface area contributed by atoms with Gasteiger partial charge in [-0.15, -0.1) is 11.3 Å². The summed E-state index contributed by atoms with van der Waals surface area (Å²) in [5, 5.41) is 3.29. The van der Waals surface area contributed by atoms with Crippen molar-refractivity contribution in [3.8, 4) is 0 Å². The second kappa shape index (κ2) is 8.49. The average Bonchev–Trinajstić information content (AvgIpc) is 2.87. The Kier molecular flexibility index (Phi) is 6.09. The van der Waals surface area contributed by atoms with Crippen molar-refractivity contribution in [1.82, 2.24) is 24.8 Å². The third-order valence-corrected chi connectivity index (χ3v) is 5.58. The molecular weight excluding hydrogens is 334 g/mol. The lowest BCUT2D eigenvalue weighted by Crippen LogP contribution is -2.39. The number of carbonyl (C=O) groups excluding carboxylic acids is 1. The van der Waals surface area contributed by atoms with Gasteiger partial charge < -0.3 is 4.90 Å². The summed E-state index contributed by atoms with van der Waals surface area (Å²) in [6, 6.07) is 0.278. The Balaban J connectivity index is 1.60. The van der Waals surface area contributed by atoms with Gasteiger partial charge >= 0.3 is 0 Å². The predicted octanol–water partition coefficient (Wildman–Crippen LogP) is 2.64. The number of aromatic nitrogens is 3. The van der Waals surface area contributed by atoms with E-state index in [1.54, 1.807) is 30.7 Å². The number of rotatable bonds is 5. The number of aryl methyl sites for hydroxylation is 1. The van der Waals surface area contributed by atoms with Crippen LogP contribution in [0.2, 0.25) is 0 Å². The smallest absolute Gasteiger partial charge is 0.219 e. The van der Waals surface area contributed by atoms with Crippen LogP contribution in [0.15, 0.2) is 24.1 Å². The molecular formula is C18H25N5OS. The van der Waals surface area contributed by atoms with E-state index in [1.165, 1.54) is 11.3 Å². The van der Waals surface area contributed by atoms with Gasteiger partial charge in [0.25, 0.3) is 0 Å². The minimum Gasteiger partial charge on any atom is -0.335 e. The summed E-state index contributed by atoms with van der Waals surface area (Å²) >= 11 is 1.73. The fourth-order valence-electron chi connectivity index (χ4n) is 3.38. The monoisotopic (exact) mass is 359 g/mol. The van der Waals surface area contributed by atoms with Gasteiger partial charge in [0.2, 0.25) is 5.91 Å². The molecule has 0 N–H and O–H groups in total. The Bertz CT molecular complexity index is 690. The van der Waals surface area contributed by atoms with Crippen molar-refractivity contribution >= 4 is 17.2 Å². The van der Waals surface area contributed by atoms with Gasteiger partial charge in [-0.25, -0.2) is 15.0 Å². The van der Waals surface area contributed by atoms with E-state index in [0.717, 1.165) is 50.2 Å². The fourth-order valence-corrected chi connectivity index (χ4v) is 4.19. The van der Waals surface area contributed by atoms with E-state index >= 15 is 0 Å². The number of hydrogen-bond donors (Lipinski definition) is 0. The molecule has 0 spiro atoms. The molecule has 0 radical (unpaired) electrons. The van der Waals surface area contributed by atoms with Crippen LogP contribution in [0.25, 0.3) is 0 Å². The number of nitrogens with zero attached hydrogens (tertiary/aromatic N) is 5. The summed E-state index contributed by atoms with van der Waals surface area (Å²) in [6.07, 6.45) is 8.24. The molecule has 0 bridgehead atoms. The van der Waals surface area contributed by atoms with E-state index in [1.807, 2.05) is 11.8 Å². The number of likely N-dealkylation sites (tertiary alicyclic amines) is 1. The van der Waals surface area contributed by atoms with E-state index in [4.69, 9.17) is 0 Å². The highest BCUT2D eigenvalue weighted by Gasteiger charge is 2.25. The summed E-state index contributed by atoms with van der Waals surface area (Å²) in [7, 11) is 0. The van der Waals surface area contributed by atoms with Crippen molar-refractivity contribution in [2.24, 2.45) is 0 Å². The molecule has 2 aromatic rings. The van der Waals surface area contributed by atoms with Gasteiger partial charge in [0.1, 0.15) is 11.3 Å². The molecule has 0 saturated carbocycles. The first-order chi connectivity index (χ1) is 12.1. The van der Waals surface area contributed by atoms with E-state index in [-0.39, 0.29) is 11.9 Å². The summed E-state index contributed by atoms with van der Waals surface area (Å²) in [5.74, 6) is 0.123. The molecule has 134 valence electrons. The van der Waals surface area contributed by atoms with Crippen LogP contribution in [0.4, 0.5) is 0 Å². The predicted molar refractivity (Wildman–Crippen MR) is 98.0 cm³/mol. The topological polar surface area (TPSA) is 62.2 Å². The zero-order valence-corrected chi connectivity index (χ0v) is 15.7. The second-order valence-corrected chi connectivity index (χ2v) is 7.58. The van der Waals surface area contributed by atoms with Crippen LogP contribution in [0.5, 0.6) is 0 Å². The molecule has 2 aromatic heterocycles. The third kappa shape index (κ3) is 5.06. The van der Waals surface area contributed by atoms with Crippen molar-refractivity contribution in [2.45, 2.75) is 52.2 Å². The first-order valence-electron chi connectivity index (χ1n) is 8.76. The summed E-state index contributed by atoms with van der Waals surface area (Å²) in [6.45, 7) is 7.26. The standard InChI is InChI=1S/C18H25N5OS/c1-14-12-25-18(21-14)11-22-6-3-4-17(5-7-22)23(15(2)24)10-16-8-19-13-20-9-16/h8-9,12-13,17H,3-7,10-11H2,1-2H3. The average molecular weight is 359 g/mol. The summed E-state index contributed by atoms with van der Waals surface area (Å²) in [4.78, 5) is 29.3. The molecule has 1 amide bonds. The maximum atomic E-state index is 12.2. The quantitative estimate of drug-likeness (QED) is 0.821. The number of hydrogen-bond acceptors (Lipinski definition) is 6. The van der Waals surface area contributed by atoms with Crippen LogP contribution < -0.4 is 0 Å². The highest BCUT2D eigenvalue weighted by atomic mass is 32.1. The molecule has 1 aliphatic rings.